The summed E-state index contributed by atoms with van der Waals surface area (Å²) < 4.78 is 58.3. The minimum atomic E-state index is -4.64. The van der Waals surface area contributed by atoms with Crippen molar-refractivity contribution >= 4 is 45.6 Å². The van der Waals surface area contributed by atoms with Crippen LogP contribution in [0.3, 0.4) is 0 Å². The van der Waals surface area contributed by atoms with Gasteiger partial charge in [0.1, 0.15) is 23.6 Å². The van der Waals surface area contributed by atoms with Gasteiger partial charge in [0, 0.05) is 44.1 Å². The Morgan fingerprint density at radius 2 is 1.82 bits per heavy atom. The van der Waals surface area contributed by atoms with E-state index in [1.54, 1.807) is 31.0 Å². The number of nitrogens with one attached hydrogen (secondary N) is 2. The number of benzene rings is 1. The average Bonchev–Trinajstić information content (AvgIpc) is 3.69. The van der Waals surface area contributed by atoms with E-state index in [1.165, 1.54) is 15.2 Å². The van der Waals surface area contributed by atoms with Gasteiger partial charge in [-0.05, 0) is 86.9 Å². The maximum Gasteiger partial charge on any atom is 0.433 e. The quantitative estimate of drug-likeness (QED) is 0.242. The second kappa shape index (κ2) is 14.8. The number of hydrogen-bond acceptors (Lipinski definition) is 8. The number of pyridine rings is 1. The Kier molecular flexibility index (Phi) is 10.1. The number of carbonyl (C=O) groups excluding carboxylic acids is 3. The lowest BCUT2D eigenvalue weighted by Gasteiger charge is -2.38. The molecule has 1 aromatic carbocycles. The maximum absolute atomic E-state index is 16.1. The molecule has 8 rings (SSSR count). The second-order valence-corrected chi connectivity index (χ2v) is 16.4. The van der Waals surface area contributed by atoms with Crippen molar-refractivity contribution in [2.45, 2.75) is 80.5 Å². The molecule has 3 fully saturated rings. The van der Waals surface area contributed by atoms with Gasteiger partial charge in [-0.3, -0.25) is 33.8 Å². The Bertz CT molecular complexity index is 2190. The van der Waals surface area contributed by atoms with E-state index >= 15 is 4.39 Å². The van der Waals surface area contributed by atoms with Gasteiger partial charge >= 0.3 is 11.9 Å². The van der Waals surface area contributed by atoms with Gasteiger partial charge in [-0.15, -0.1) is 11.8 Å². The molecule has 2 aromatic heterocycles. The van der Waals surface area contributed by atoms with E-state index in [1.807, 2.05) is 24.3 Å². The Labute approximate surface area is 318 Å². The van der Waals surface area contributed by atoms with E-state index in [4.69, 9.17) is 4.99 Å². The summed E-state index contributed by atoms with van der Waals surface area (Å²) in [4.78, 5) is 61.2. The SMILES string of the molecule is Cn1c(=O)n(C2CCC(=O)NC2=O)c2cccc([C@@H]3CCN(CC4CCC(C5=NC6C=CC(NC(=O)c7cccc(C(F)(F)F)n7)=CC6S5)CC4)C[C@H]3F)c21. The van der Waals surface area contributed by atoms with Gasteiger partial charge in [-0.25, -0.2) is 14.2 Å². The van der Waals surface area contributed by atoms with Gasteiger partial charge in [-0.1, -0.05) is 24.3 Å². The Balaban J connectivity index is 0.841. The van der Waals surface area contributed by atoms with Gasteiger partial charge in [0.2, 0.25) is 11.8 Å². The predicted octanol–water partition coefficient (Wildman–Crippen LogP) is 5.43. The topological polar surface area (TPSA) is 131 Å². The summed E-state index contributed by atoms with van der Waals surface area (Å²) in [7, 11) is 1.65. The minimum Gasteiger partial charge on any atom is -0.321 e. The number of piperidine rings is 2. The van der Waals surface area contributed by atoms with Gasteiger partial charge < -0.3 is 10.2 Å². The first-order chi connectivity index (χ1) is 26.3. The summed E-state index contributed by atoms with van der Waals surface area (Å²) in [6.45, 7) is 1.85. The monoisotopic (exact) mass is 779 g/mol. The zero-order chi connectivity index (χ0) is 38.6. The molecule has 3 unspecified atom stereocenters. The normalized spacial score (nSPS) is 28.8. The number of halogens is 4. The molecule has 11 nitrogen and oxygen atoms in total. The molecule has 0 bridgehead atoms. The van der Waals surface area contributed by atoms with Crippen molar-refractivity contribution in [3.63, 3.8) is 0 Å². The standard InChI is InChI=1S/C39H41F4N7O4S/c1-48-34-25(4-2-6-29(34)50(38(48)54)30-14-15-33(51)47-36(30)53)24-16-17-49(20-26(24)40)19-21-8-10-22(11-9-21)37-46-27-13-12-23(18-31(27)55-37)44-35(52)28-5-3-7-32(45-28)39(41,42)43/h2-7,12-13,18,21-22,24,26-27,30-31H,8-11,14-17,19-20H2,1H3,(H,44,52)(H,47,51,53)/t21?,22?,24-,26+,27?,30?,31?/m0/s1. The summed E-state index contributed by atoms with van der Waals surface area (Å²) in [5.41, 5.74) is 0.667. The molecule has 2 aliphatic carbocycles. The van der Waals surface area contributed by atoms with Crippen molar-refractivity contribution in [2.75, 3.05) is 19.6 Å². The van der Waals surface area contributed by atoms with Crippen molar-refractivity contribution in [1.82, 2.24) is 29.7 Å². The number of aromatic nitrogens is 3. The van der Waals surface area contributed by atoms with Gasteiger partial charge in [0.15, 0.2) is 0 Å². The zero-order valence-corrected chi connectivity index (χ0v) is 30.9. The van der Waals surface area contributed by atoms with Crippen molar-refractivity contribution in [3.05, 3.63) is 87.8 Å². The third-order valence-electron chi connectivity index (χ3n) is 11.6. The molecule has 1 saturated carbocycles. The third-order valence-corrected chi connectivity index (χ3v) is 13.0. The van der Waals surface area contributed by atoms with Crippen LogP contribution >= 0.6 is 11.8 Å². The van der Waals surface area contributed by atoms with Crippen LogP contribution in [0.1, 0.15) is 78.7 Å². The van der Waals surface area contributed by atoms with E-state index in [0.717, 1.165) is 61.5 Å². The number of rotatable bonds is 7. The van der Waals surface area contributed by atoms with E-state index in [0.29, 0.717) is 41.5 Å². The second-order valence-electron chi connectivity index (χ2n) is 15.2. The molecule has 290 valence electrons. The fraction of sp³-hybridized carbons (Fsp3) is 0.487. The molecule has 3 aromatic rings. The van der Waals surface area contributed by atoms with Crippen LogP contribution in [-0.2, 0) is 22.8 Å². The van der Waals surface area contributed by atoms with Crippen LogP contribution in [0.25, 0.3) is 11.0 Å². The number of aryl methyl sites for hydroxylation is 1. The number of alkyl halides is 4. The summed E-state index contributed by atoms with van der Waals surface area (Å²) in [5.74, 6) is -1.20. The zero-order valence-electron chi connectivity index (χ0n) is 30.1. The summed E-state index contributed by atoms with van der Waals surface area (Å²) >= 11 is 1.67. The molecule has 5 aliphatic rings. The highest BCUT2D eigenvalue weighted by Gasteiger charge is 2.38. The number of imidazole rings is 1. The molecule has 3 amide bonds. The van der Waals surface area contributed by atoms with Crippen LogP contribution in [0, 0.1) is 11.8 Å². The molecular weight excluding hydrogens is 739 g/mol. The number of amides is 3. The number of carbonyl (C=O) groups is 3. The number of aliphatic imine (C=N–C) groups is 1. The first-order valence-corrected chi connectivity index (χ1v) is 19.6. The van der Waals surface area contributed by atoms with Crippen molar-refractivity contribution in [1.29, 1.82) is 0 Å². The minimum absolute atomic E-state index is 0.0190. The molecule has 5 atom stereocenters. The first-order valence-electron chi connectivity index (χ1n) is 18.7. The summed E-state index contributed by atoms with van der Waals surface area (Å²) in [5, 5.41) is 6.08. The number of hydrogen-bond donors (Lipinski definition) is 2. The molecular formula is C39H41F4N7O4S. The highest BCUT2D eigenvalue weighted by Crippen LogP contribution is 2.42. The van der Waals surface area contributed by atoms with E-state index in [-0.39, 0.29) is 41.4 Å². The molecule has 55 heavy (non-hydrogen) atoms. The number of nitrogens with zero attached hydrogens (tertiary/aromatic N) is 5. The molecule has 2 N–H and O–H groups in total. The van der Waals surface area contributed by atoms with E-state index in [9.17, 15) is 32.3 Å². The molecule has 3 aliphatic heterocycles. The van der Waals surface area contributed by atoms with Crippen LogP contribution in [-0.4, -0.2) is 78.9 Å². The largest absolute Gasteiger partial charge is 0.433 e. The summed E-state index contributed by atoms with van der Waals surface area (Å²) in [6.07, 6.45) is 4.71. The van der Waals surface area contributed by atoms with Crippen molar-refractivity contribution < 1.29 is 31.9 Å². The highest BCUT2D eigenvalue weighted by atomic mass is 32.2. The van der Waals surface area contributed by atoms with Crippen LogP contribution < -0.4 is 16.3 Å². The van der Waals surface area contributed by atoms with Crippen LogP contribution in [0.4, 0.5) is 17.6 Å². The number of fused-ring (bicyclic) bond motifs is 2. The van der Waals surface area contributed by atoms with Crippen LogP contribution in [0.5, 0.6) is 0 Å². The number of allylic oxidation sites excluding steroid dienone is 1. The first kappa shape index (κ1) is 37.4. The van der Waals surface area contributed by atoms with E-state index in [2.05, 4.69) is 20.5 Å². The Morgan fingerprint density at radius 1 is 1.04 bits per heavy atom. The molecule has 0 spiro atoms. The molecule has 2 saturated heterocycles. The fourth-order valence-corrected chi connectivity index (χ4v) is 10.2. The maximum atomic E-state index is 16.1. The van der Waals surface area contributed by atoms with Crippen LogP contribution in [0.15, 0.2) is 70.1 Å². The van der Waals surface area contributed by atoms with Gasteiger partial charge in [0.05, 0.1) is 27.4 Å². The fourth-order valence-electron chi connectivity index (χ4n) is 8.82. The van der Waals surface area contributed by atoms with Gasteiger partial charge in [-0.2, -0.15) is 13.2 Å². The smallest absolute Gasteiger partial charge is 0.321 e. The number of imide groups is 1. The molecule has 16 heteroatoms. The number of para-hydroxylation sites is 1. The predicted molar refractivity (Wildman–Crippen MR) is 199 cm³/mol. The van der Waals surface area contributed by atoms with Crippen molar-refractivity contribution in [2.24, 2.45) is 23.9 Å². The molecule has 0 radical (unpaired) electrons. The van der Waals surface area contributed by atoms with E-state index < -0.39 is 41.8 Å². The van der Waals surface area contributed by atoms with Crippen LogP contribution in [0.2, 0.25) is 0 Å². The Hall–Kier alpha value is -4.57. The number of thioether (sulfide) groups is 1. The number of likely N-dealkylation sites (tertiary alicyclic amines) is 1. The Morgan fingerprint density at radius 3 is 2.56 bits per heavy atom. The lowest BCUT2D eigenvalue weighted by Crippen LogP contribution is -2.44. The van der Waals surface area contributed by atoms with Crippen molar-refractivity contribution in [3.8, 4) is 0 Å². The highest BCUT2D eigenvalue weighted by molar-refractivity contribution is 8.15. The lowest BCUT2D eigenvalue weighted by atomic mass is 9.81. The summed E-state index contributed by atoms with van der Waals surface area (Å²) in [6, 6.07) is 7.84. The van der Waals surface area contributed by atoms with Gasteiger partial charge in [0.25, 0.3) is 5.91 Å². The third kappa shape index (κ3) is 7.42. The molecule has 5 heterocycles. The lowest BCUT2D eigenvalue weighted by molar-refractivity contribution is -0.141. The average molecular weight is 780 g/mol.